The van der Waals surface area contributed by atoms with E-state index >= 15 is 0 Å². The molecule has 1 aliphatic rings. The van der Waals surface area contributed by atoms with E-state index in [0.717, 1.165) is 19.3 Å². The molecule has 1 aliphatic carbocycles. The third-order valence-electron chi connectivity index (χ3n) is 4.61. The summed E-state index contributed by atoms with van der Waals surface area (Å²) in [6.07, 6.45) is 5.76. The van der Waals surface area contributed by atoms with Gasteiger partial charge in [-0.15, -0.1) is 0 Å². The van der Waals surface area contributed by atoms with Gasteiger partial charge in [-0.1, -0.05) is 19.8 Å². The average Bonchev–Trinajstić information content (AvgIpc) is 2.62. The van der Waals surface area contributed by atoms with Gasteiger partial charge in [-0.2, -0.15) is 5.26 Å². The first-order valence-electron chi connectivity index (χ1n) is 8.37. The van der Waals surface area contributed by atoms with Gasteiger partial charge in [-0.05, 0) is 42.5 Å². The molecule has 2 N–H and O–H groups in total. The Morgan fingerprint density at radius 1 is 1.28 bits per heavy atom. The van der Waals surface area contributed by atoms with Crippen molar-refractivity contribution < 1.29 is 19.4 Å². The van der Waals surface area contributed by atoms with Crippen LogP contribution in [0, 0.1) is 17.2 Å². The Balaban J connectivity index is 2.24. The highest BCUT2D eigenvalue weighted by atomic mass is 16.5. The molecule has 0 heterocycles. The number of benzene rings is 1. The van der Waals surface area contributed by atoms with E-state index in [9.17, 15) is 15.2 Å². The van der Waals surface area contributed by atoms with Gasteiger partial charge in [0.2, 0.25) is 5.75 Å². The van der Waals surface area contributed by atoms with E-state index < -0.39 is 0 Å². The third kappa shape index (κ3) is 4.44. The van der Waals surface area contributed by atoms with Crippen LogP contribution in [-0.4, -0.2) is 31.3 Å². The molecule has 1 saturated carbocycles. The first kappa shape index (κ1) is 18.7. The number of methoxy groups -OCH3 is 2. The molecule has 0 aromatic heterocycles. The fourth-order valence-corrected chi connectivity index (χ4v) is 3.09. The number of nitrogens with one attached hydrogen (secondary N) is 1. The standard InChI is InChI=1S/C19H24N2O4/c1-12-6-4-5-7-15(12)21-19(23)14(11-20)8-13-9-16(24-2)18(22)17(10-13)25-3/h8-10,12,15,22H,4-7H2,1-3H3,(H,21,23)/b14-8+/t12-,15-/m1/s1. The number of aromatic hydroxyl groups is 1. The van der Waals surface area contributed by atoms with Crippen LogP contribution in [0.3, 0.4) is 0 Å². The molecule has 2 atom stereocenters. The molecule has 1 aromatic rings. The van der Waals surface area contributed by atoms with E-state index in [1.165, 1.54) is 26.7 Å². The van der Waals surface area contributed by atoms with Crippen LogP contribution >= 0.6 is 0 Å². The molecule has 0 spiro atoms. The maximum atomic E-state index is 12.5. The molecule has 2 rings (SSSR count). The summed E-state index contributed by atoms with van der Waals surface area (Å²) in [6.45, 7) is 2.12. The minimum absolute atomic E-state index is 0.00701. The number of carbonyl (C=O) groups excluding carboxylic acids is 1. The summed E-state index contributed by atoms with van der Waals surface area (Å²) in [5.41, 5.74) is 0.544. The van der Waals surface area contributed by atoms with Crippen molar-refractivity contribution in [3.63, 3.8) is 0 Å². The fourth-order valence-electron chi connectivity index (χ4n) is 3.09. The van der Waals surface area contributed by atoms with Crippen molar-refractivity contribution in [3.8, 4) is 23.3 Å². The van der Waals surface area contributed by atoms with Gasteiger partial charge in [0.25, 0.3) is 5.91 Å². The van der Waals surface area contributed by atoms with E-state index in [1.807, 2.05) is 6.07 Å². The number of rotatable bonds is 5. The second-order valence-electron chi connectivity index (χ2n) is 6.29. The largest absolute Gasteiger partial charge is 0.502 e. The molecule has 1 amide bonds. The average molecular weight is 344 g/mol. The highest BCUT2D eigenvalue weighted by Crippen LogP contribution is 2.37. The van der Waals surface area contributed by atoms with Crippen LogP contribution in [-0.2, 0) is 4.79 Å². The molecule has 6 heteroatoms. The SMILES string of the molecule is COc1cc(/C=C(\C#N)C(=O)N[C@@H]2CCCC[C@H]2C)cc(OC)c1O. The molecule has 1 aromatic carbocycles. The Morgan fingerprint density at radius 3 is 2.40 bits per heavy atom. The van der Waals surface area contributed by atoms with Crippen LogP contribution in [0.15, 0.2) is 17.7 Å². The number of carbonyl (C=O) groups is 1. The topological polar surface area (TPSA) is 91.6 Å². The summed E-state index contributed by atoms with van der Waals surface area (Å²) in [4.78, 5) is 12.5. The number of phenolic OH excluding ortho intramolecular Hbond substituents is 1. The molecule has 0 saturated heterocycles. The van der Waals surface area contributed by atoms with Gasteiger partial charge in [-0.3, -0.25) is 4.79 Å². The highest BCUT2D eigenvalue weighted by molar-refractivity contribution is 6.02. The zero-order valence-corrected chi connectivity index (χ0v) is 14.8. The van der Waals surface area contributed by atoms with Crippen molar-refractivity contribution in [1.29, 1.82) is 5.26 Å². The van der Waals surface area contributed by atoms with E-state index in [4.69, 9.17) is 9.47 Å². The number of hydrogen-bond donors (Lipinski definition) is 2. The summed E-state index contributed by atoms with van der Waals surface area (Å²) in [7, 11) is 2.84. The van der Waals surface area contributed by atoms with Crippen molar-refractivity contribution in [2.75, 3.05) is 14.2 Å². The van der Waals surface area contributed by atoms with E-state index in [0.29, 0.717) is 11.5 Å². The molecular formula is C19H24N2O4. The summed E-state index contributed by atoms with van der Waals surface area (Å²) < 4.78 is 10.2. The van der Waals surface area contributed by atoms with Crippen molar-refractivity contribution in [2.24, 2.45) is 5.92 Å². The van der Waals surface area contributed by atoms with Gasteiger partial charge >= 0.3 is 0 Å². The van der Waals surface area contributed by atoms with Gasteiger partial charge < -0.3 is 19.9 Å². The molecule has 0 aliphatic heterocycles. The summed E-state index contributed by atoms with van der Waals surface area (Å²) >= 11 is 0. The lowest BCUT2D eigenvalue weighted by atomic mass is 9.86. The summed E-state index contributed by atoms with van der Waals surface area (Å²) in [6, 6.07) is 5.14. The van der Waals surface area contributed by atoms with Crippen LogP contribution in [0.5, 0.6) is 17.2 Å². The molecule has 6 nitrogen and oxygen atoms in total. The van der Waals surface area contributed by atoms with Crippen LogP contribution in [0.2, 0.25) is 0 Å². The van der Waals surface area contributed by atoms with Crippen molar-refractivity contribution in [2.45, 2.75) is 38.6 Å². The molecule has 134 valence electrons. The molecular weight excluding hydrogens is 320 g/mol. The van der Waals surface area contributed by atoms with E-state index in [1.54, 1.807) is 12.1 Å². The molecule has 0 unspecified atom stereocenters. The van der Waals surface area contributed by atoms with Crippen LogP contribution in [0.25, 0.3) is 6.08 Å². The number of nitriles is 1. The Kier molecular flexibility index (Phi) is 6.29. The lowest BCUT2D eigenvalue weighted by Gasteiger charge is -2.29. The zero-order valence-electron chi connectivity index (χ0n) is 14.8. The normalized spacial score (nSPS) is 20.5. The minimum Gasteiger partial charge on any atom is -0.502 e. The minimum atomic E-state index is -0.382. The maximum absolute atomic E-state index is 12.5. The Bertz CT molecular complexity index is 681. The lowest BCUT2D eigenvalue weighted by molar-refractivity contribution is -0.118. The van der Waals surface area contributed by atoms with Crippen molar-refractivity contribution >= 4 is 12.0 Å². The number of nitrogens with zero attached hydrogens (tertiary/aromatic N) is 1. The van der Waals surface area contributed by atoms with Gasteiger partial charge in [-0.25, -0.2) is 0 Å². The van der Waals surface area contributed by atoms with Crippen molar-refractivity contribution in [1.82, 2.24) is 5.32 Å². The first-order chi connectivity index (χ1) is 12.0. The zero-order chi connectivity index (χ0) is 18.4. The molecule has 25 heavy (non-hydrogen) atoms. The molecule has 1 fully saturated rings. The van der Waals surface area contributed by atoms with Crippen LogP contribution in [0.4, 0.5) is 0 Å². The molecule has 0 bridgehead atoms. The van der Waals surface area contributed by atoms with Crippen molar-refractivity contribution in [3.05, 3.63) is 23.3 Å². The summed E-state index contributed by atoms with van der Waals surface area (Å²) in [5, 5.41) is 22.3. The summed E-state index contributed by atoms with van der Waals surface area (Å²) in [5.74, 6) is 0.327. The number of phenols is 1. The highest BCUT2D eigenvalue weighted by Gasteiger charge is 2.24. The Hall–Kier alpha value is -2.68. The van der Waals surface area contributed by atoms with Gasteiger partial charge in [0.1, 0.15) is 11.6 Å². The van der Waals surface area contributed by atoms with E-state index in [2.05, 4.69) is 12.2 Å². The maximum Gasteiger partial charge on any atom is 0.262 e. The quantitative estimate of drug-likeness (QED) is 0.633. The van der Waals surface area contributed by atoms with E-state index in [-0.39, 0.29) is 34.8 Å². The van der Waals surface area contributed by atoms with Gasteiger partial charge in [0.15, 0.2) is 11.5 Å². The van der Waals surface area contributed by atoms with Crippen LogP contribution < -0.4 is 14.8 Å². The smallest absolute Gasteiger partial charge is 0.262 e. The third-order valence-corrected chi connectivity index (χ3v) is 4.61. The predicted molar refractivity (Wildman–Crippen MR) is 94.4 cm³/mol. The number of hydrogen-bond acceptors (Lipinski definition) is 5. The second kappa shape index (κ2) is 8.43. The lowest BCUT2D eigenvalue weighted by Crippen LogP contribution is -2.41. The Labute approximate surface area is 148 Å². The predicted octanol–water partition coefficient (Wildman–Crippen LogP) is 3.01. The first-order valence-corrected chi connectivity index (χ1v) is 8.37. The van der Waals surface area contributed by atoms with Crippen LogP contribution in [0.1, 0.15) is 38.2 Å². The second-order valence-corrected chi connectivity index (χ2v) is 6.29. The molecule has 0 radical (unpaired) electrons. The Morgan fingerprint density at radius 2 is 1.88 bits per heavy atom. The fraction of sp³-hybridized carbons (Fsp3) is 0.474. The number of amides is 1. The van der Waals surface area contributed by atoms with Gasteiger partial charge in [0.05, 0.1) is 14.2 Å². The monoisotopic (exact) mass is 344 g/mol. The van der Waals surface area contributed by atoms with Gasteiger partial charge in [0, 0.05) is 6.04 Å². The number of ether oxygens (including phenoxy) is 2.